The minimum absolute atomic E-state index is 0.180. The van der Waals surface area contributed by atoms with Gasteiger partial charge in [0, 0.05) is 5.69 Å². The third-order valence-electron chi connectivity index (χ3n) is 2.88. The fraction of sp³-hybridized carbons (Fsp3) is 0.385. The van der Waals surface area contributed by atoms with Crippen LogP contribution in [0.4, 0.5) is 11.4 Å². The molecule has 0 aromatic heterocycles. The molecule has 0 fully saturated rings. The summed E-state index contributed by atoms with van der Waals surface area (Å²) in [5.41, 5.74) is 7.08. The van der Waals surface area contributed by atoms with Gasteiger partial charge in [0.25, 0.3) is 5.91 Å². The van der Waals surface area contributed by atoms with Gasteiger partial charge in [0.1, 0.15) is 6.04 Å². The third kappa shape index (κ3) is 2.45. The van der Waals surface area contributed by atoms with Gasteiger partial charge in [-0.2, -0.15) is 0 Å². The van der Waals surface area contributed by atoms with Gasteiger partial charge < -0.3 is 16.4 Å². The molecule has 1 atom stereocenters. The number of hydrogen-bond donors (Lipinski definition) is 3. The highest BCUT2D eigenvalue weighted by atomic mass is 16.2. The summed E-state index contributed by atoms with van der Waals surface area (Å²) in [5.74, 6) is -0.116. The zero-order valence-electron chi connectivity index (χ0n) is 10.5. The molecule has 0 spiro atoms. The summed E-state index contributed by atoms with van der Waals surface area (Å²) in [7, 11) is 0. The van der Waals surface area contributed by atoms with E-state index in [1.54, 1.807) is 18.2 Å². The molecule has 0 bridgehead atoms. The summed E-state index contributed by atoms with van der Waals surface area (Å²) >= 11 is 0. The van der Waals surface area contributed by atoms with E-state index in [1.807, 2.05) is 13.8 Å². The first kappa shape index (κ1) is 12.4. The third-order valence-corrected chi connectivity index (χ3v) is 2.88. The Kier molecular flexibility index (Phi) is 3.23. The number of rotatable bonds is 2. The molecule has 0 unspecified atom stereocenters. The van der Waals surface area contributed by atoms with Crippen molar-refractivity contribution in [3.8, 4) is 0 Å². The molecular weight excluding hydrogens is 230 g/mol. The zero-order chi connectivity index (χ0) is 13.3. The first-order valence-electron chi connectivity index (χ1n) is 5.98. The van der Waals surface area contributed by atoms with E-state index in [0.29, 0.717) is 29.3 Å². The minimum atomic E-state index is -0.494. The molecule has 96 valence electrons. The van der Waals surface area contributed by atoms with E-state index in [2.05, 4.69) is 10.6 Å². The van der Waals surface area contributed by atoms with Gasteiger partial charge in [-0.1, -0.05) is 13.8 Å². The Balaban J connectivity index is 2.32. The molecule has 0 radical (unpaired) electrons. The Morgan fingerprint density at radius 3 is 2.72 bits per heavy atom. The summed E-state index contributed by atoms with van der Waals surface area (Å²) in [6, 6.07) is 4.39. The first-order valence-corrected chi connectivity index (χ1v) is 5.98. The highest BCUT2D eigenvalue weighted by Crippen LogP contribution is 2.22. The number of carbonyl (C=O) groups is 2. The first-order chi connectivity index (χ1) is 8.47. The van der Waals surface area contributed by atoms with Crippen molar-refractivity contribution < 1.29 is 9.59 Å². The quantitative estimate of drug-likeness (QED) is 0.690. The van der Waals surface area contributed by atoms with Crippen LogP contribution in [0.25, 0.3) is 0 Å². The van der Waals surface area contributed by atoms with Crippen molar-refractivity contribution in [3.63, 3.8) is 0 Å². The molecule has 1 aliphatic heterocycles. The van der Waals surface area contributed by atoms with Crippen LogP contribution in [0.2, 0.25) is 0 Å². The van der Waals surface area contributed by atoms with E-state index >= 15 is 0 Å². The van der Waals surface area contributed by atoms with E-state index in [9.17, 15) is 9.59 Å². The number of benzene rings is 1. The number of anilines is 2. The fourth-order valence-corrected chi connectivity index (χ4v) is 2.02. The van der Waals surface area contributed by atoms with E-state index in [-0.39, 0.29) is 11.8 Å². The predicted molar refractivity (Wildman–Crippen MR) is 70.2 cm³/mol. The van der Waals surface area contributed by atoms with Gasteiger partial charge in [-0.3, -0.25) is 9.59 Å². The van der Waals surface area contributed by atoms with Crippen LogP contribution in [0.3, 0.4) is 0 Å². The van der Waals surface area contributed by atoms with E-state index in [0.717, 1.165) is 0 Å². The number of carbonyl (C=O) groups excluding carboxylic acids is 2. The van der Waals surface area contributed by atoms with Gasteiger partial charge in [-0.05, 0) is 30.5 Å². The predicted octanol–water partition coefficient (Wildman–Crippen LogP) is 1.37. The largest absolute Gasteiger partial charge is 0.399 e. The number of nitrogen functional groups attached to an aromatic ring is 1. The van der Waals surface area contributed by atoms with Crippen LogP contribution in [-0.2, 0) is 4.79 Å². The lowest BCUT2D eigenvalue weighted by Gasteiger charge is -2.16. The van der Waals surface area contributed by atoms with Gasteiger partial charge in [0.05, 0.1) is 11.3 Å². The fourth-order valence-electron chi connectivity index (χ4n) is 2.02. The molecule has 1 heterocycles. The van der Waals surface area contributed by atoms with Gasteiger partial charge in [-0.25, -0.2) is 0 Å². The zero-order valence-corrected chi connectivity index (χ0v) is 10.5. The topological polar surface area (TPSA) is 84.2 Å². The van der Waals surface area contributed by atoms with Crippen LogP contribution in [0, 0.1) is 5.92 Å². The van der Waals surface area contributed by atoms with Crippen molar-refractivity contribution in [2.75, 3.05) is 11.1 Å². The van der Waals surface area contributed by atoms with Crippen LogP contribution >= 0.6 is 0 Å². The van der Waals surface area contributed by atoms with Crippen molar-refractivity contribution in [1.82, 2.24) is 5.32 Å². The van der Waals surface area contributed by atoms with Crippen molar-refractivity contribution in [3.05, 3.63) is 23.8 Å². The second-order valence-corrected chi connectivity index (χ2v) is 4.95. The number of nitrogens with two attached hydrogens (primary N) is 1. The molecule has 0 saturated heterocycles. The molecule has 2 rings (SSSR count). The van der Waals surface area contributed by atoms with Crippen molar-refractivity contribution in [2.24, 2.45) is 5.92 Å². The molecular formula is C13H17N3O2. The monoisotopic (exact) mass is 247 g/mol. The van der Waals surface area contributed by atoms with Gasteiger partial charge in [-0.15, -0.1) is 0 Å². The van der Waals surface area contributed by atoms with Crippen LogP contribution in [0.1, 0.15) is 30.6 Å². The van der Waals surface area contributed by atoms with Crippen molar-refractivity contribution in [2.45, 2.75) is 26.3 Å². The maximum Gasteiger partial charge on any atom is 0.254 e. The van der Waals surface area contributed by atoms with Gasteiger partial charge in [0.2, 0.25) is 5.91 Å². The Morgan fingerprint density at radius 1 is 1.33 bits per heavy atom. The second-order valence-electron chi connectivity index (χ2n) is 4.95. The standard InChI is InChI=1S/C13H17N3O2/c1-7(2)5-11-13(18)15-10-4-3-8(14)6-9(10)12(17)16-11/h3-4,6-7,11H,5,14H2,1-2H3,(H,15,18)(H,16,17)/t11-/m0/s1. The Labute approximate surface area is 106 Å². The molecule has 1 aromatic carbocycles. The Hall–Kier alpha value is -2.04. The number of hydrogen-bond acceptors (Lipinski definition) is 3. The molecule has 5 heteroatoms. The molecule has 4 N–H and O–H groups in total. The SMILES string of the molecule is CC(C)C[C@@H]1NC(=O)c2cc(N)ccc2NC1=O. The summed E-state index contributed by atoms with van der Waals surface area (Å²) in [6.07, 6.45) is 0.612. The molecule has 1 aliphatic rings. The Morgan fingerprint density at radius 2 is 2.06 bits per heavy atom. The molecule has 2 amide bonds. The Bertz CT molecular complexity index is 497. The second kappa shape index (κ2) is 4.68. The average Bonchev–Trinajstić information content (AvgIpc) is 2.39. The molecule has 1 aromatic rings. The highest BCUT2D eigenvalue weighted by Gasteiger charge is 2.28. The van der Waals surface area contributed by atoms with Crippen molar-refractivity contribution >= 4 is 23.2 Å². The van der Waals surface area contributed by atoms with Crippen LogP contribution < -0.4 is 16.4 Å². The van der Waals surface area contributed by atoms with Crippen LogP contribution in [0.15, 0.2) is 18.2 Å². The number of nitrogens with one attached hydrogen (secondary N) is 2. The van der Waals surface area contributed by atoms with Crippen LogP contribution in [0.5, 0.6) is 0 Å². The molecule has 18 heavy (non-hydrogen) atoms. The lowest BCUT2D eigenvalue weighted by Crippen LogP contribution is -2.41. The van der Waals surface area contributed by atoms with Gasteiger partial charge in [0.15, 0.2) is 0 Å². The number of fused-ring (bicyclic) bond motifs is 1. The summed E-state index contributed by atoms with van der Waals surface area (Å²) in [4.78, 5) is 24.0. The van der Waals surface area contributed by atoms with E-state index < -0.39 is 6.04 Å². The molecule has 5 nitrogen and oxygen atoms in total. The van der Waals surface area contributed by atoms with E-state index in [4.69, 9.17) is 5.73 Å². The maximum atomic E-state index is 12.0. The summed E-state index contributed by atoms with van der Waals surface area (Å²) < 4.78 is 0. The normalized spacial score (nSPS) is 18.9. The summed E-state index contributed by atoms with van der Waals surface area (Å²) in [6.45, 7) is 4.02. The minimum Gasteiger partial charge on any atom is -0.399 e. The average molecular weight is 247 g/mol. The maximum absolute atomic E-state index is 12.0. The highest BCUT2D eigenvalue weighted by molar-refractivity contribution is 6.10. The van der Waals surface area contributed by atoms with Crippen molar-refractivity contribution in [1.29, 1.82) is 0 Å². The lowest BCUT2D eigenvalue weighted by atomic mass is 10.0. The number of amides is 2. The van der Waals surface area contributed by atoms with Crippen LogP contribution in [-0.4, -0.2) is 17.9 Å². The van der Waals surface area contributed by atoms with Gasteiger partial charge >= 0.3 is 0 Å². The summed E-state index contributed by atoms with van der Waals surface area (Å²) in [5, 5.41) is 5.49. The molecule has 0 saturated carbocycles. The molecule has 0 aliphatic carbocycles. The van der Waals surface area contributed by atoms with E-state index in [1.165, 1.54) is 0 Å². The smallest absolute Gasteiger partial charge is 0.254 e. The lowest BCUT2D eigenvalue weighted by molar-refractivity contribution is -0.118.